The van der Waals surface area contributed by atoms with Crippen molar-refractivity contribution in [1.82, 2.24) is 24.9 Å². The molecular formula is C33H37F2N5O2. The monoisotopic (exact) mass is 573 g/mol. The number of allylic oxidation sites excluding steroid dienone is 4. The molecule has 1 aliphatic carbocycles. The molecule has 0 atom stereocenters. The van der Waals surface area contributed by atoms with Gasteiger partial charge in [0, 0.05) is 41.5 Å². The third-order valence-electron chi connectivity index (χ3n) is 7.46. The van der Waals surface area contributed by atoms with E-state index in [9.17, 15) is 13.6 Å². The summed E-state index contributed by atoms with van der Waals surface area (Å²) in [7, 11) is 0. The van der Waals surface area contributed by atoms with Crippen LogP contribution in [0.1, 0.15) is 71.2 Å². The first-order chi connectivity index (χ1) is 19.6. The Balaban J connectivity index is 1.61. The average molecular weight is 574 g/mol. The smallest absolute Gasteiger partial charge is 0.408 e. The second-order valence-electron chi connectivity index (χ2n) is 12.7. The summed E-state index contributed by atoms with van der Waals surface area (Å²) in [6.07, 6.45) is 8.18. The first-order valence-corrected chi connectivity index (χ1v) is 14.1. The third kappa shape index (κ3) is 5.78. The molecular weight excluding hydrogens is 536 g/mol. The number of hydrogen-bond acceptors (Lipinski definition) is 5. The lowest BCUT2D eigenvalue weighted by molar-refractivity contribution is -0.136. The maximum atomic E-state index is 14.2. The van der Waals surface area contributed by atoms with Crippen molar-refractivity contribution in [3.63, 3.8) is 0 Å². The molecule has 0 bridgehead atoms. The number of hydrogen-bond donors (Lipinski definition) is 1. The highest BCUT2D eigenvalue weighted by Crippen LogP contribution is 2.52. The number of pyridine rings is 1. The van der Waals surface area contributed by atoms with Gasteiger partial charge in [-0.3, -0.25) is 0 Å². The lowest BCUT2D eigenvalue weighted by atomic mass is 9.69. The summed E-state index contributed by atoms with van der Waals surface area (Å²) in [6, 6.07) is 11.3. The van der Waals surface area contributed by atoms with Crippen LogP contribution in [-0.4, -0.2) is 37.2 Å². The van der Waals surface area contributed by atoms with Crippen LogP contribution in [0.4, 0.5) is 13.6 Å². The fourth-order valence-electron chi connectivity index (χ4n) is 5.50. The van der Waals surface area contributed by atoms with E-state index in [2.05, 4.69) is 41.4 Å². The maximum absolute atomic E-state index is 14.2. The summed E-state index contributed by atoms with van der Waals surface area (Å²) in [5, 5.41) is 8.20. The second-order valence-corrected chi connectivity index (χ2v) is 12.7. The predicted molar refractivity (Wildman–Crippen MR) is 161 cm³/mol. The molecule has 5 rings (SSSR count). The van der Waals surface area contributed by atoms with Crippen molar-refractivity contribution in [2.75, 3.05) is 0 Å². The highest BCUT2D eigenvalue weighted by Gasteiger charge is 2.58. The van der Waals surface area contributed by atoms with Gasteiger partial charge in [0.1, 0.15) is 5.60 Å². The molecule has 42 heavy (non-hydrogen) atoms. The Hall–Kier alpha value is -4.14. The van der Waals surface area contributed by atoms with Crippen molar-refractivity contribution in [2.24, 2.45) is 0 Å². The number of alkyl halides is 2. The molecule has 0 saturated heterocycles. The number of nitrogens with zero attached hydrogens (tertiary/aromatic N) is 4. The summed E-state index contributed by atoms with van der Waals surface area (Å²) < 4.78 is 35.6. The van der Waals surface area contributed by atoms with Gasteiger partial charge in [-0.15, -0.1) is 0 Å². The molecule has 0 unspecified atom stereocenters. The molecule has 3 heterocycles. The summed E-state index contributed by atoms with van der Waals surface area (Å²) >= 11 is 0. The molecule has 0 aliphatic heterocycles. The number of carbonyl (C=O) groups is 1. The van der Waals surface area contributed by atoms with Crippen LogP contribution in [0.2, 0.25) is 0 Å². The largest absolute Gasteiger partial charge is 0.444 e. The van der Waals surface area contributed by atoms with Gasteiger partial charge in [-0.1, -0.05) is 62.4 Å². The van der Waals surface area contributed by atoms with Gasteiger partial charge in [-0.05, 0) is 51.8 Å². The fraction of sp³-hybridized carbons (Fsp3) is 0.394. The molecule has 1 amide bonds. The maximum Gasteiger partial charge on any atom is 0.408 e. The minimum absolute atomic E-state index is 0.404. The average Bonchev–Trinajstić information content (AvgIpc) is 3.26. The molecule has 1 aromatic carbocycles. The van der Waals surface area contributed by atoms with Gasteiger partial charge >= 0.3 is 6.09 Å². The molecule has 1 aliphatic rings. The number of rotatable bonds is 6. The zero-order chi connectivity index (χ0) is 30.5. The Morgan fingerprint density at radius 1 is 1.07 bits per heavy atom. The number of benzene rings is 1. The molecule has 9 heteroatoms. The summed E-state index contributed by atoms with van der Waals surface area (Å²) in [4.78, 5) is 22.3. The van der Waals surface area contributed by atoms with Crippen LogP contribution in [0.25, 0.3) is 27.9 Å². The predicted octanol–water partition coefficient (Wildman–Crippen LogP) is 7.81. The number of halogens is 2. The van der Waals surface area contributed by atoms with Gasteiger partial charge in [0.25, 0.3) is 5.92 Å². The van der Waals surface area contributed by atoms with E-state index in [1.807, 2.05) is 56.5 Å². The molecule has 1 fully saturated rings. The van der Waals surface area contributed by atoms with Gasteiger partial charge in [-0.25, -0.2) is 23.5 Å². The van der Waals surface area contributed by atoms with E-state index in [1.54, 1.807) is 37.4 Å². The molecule has 220 valence electrons. The van der Waals surface area contributed by atoms with Crippen molar-refractivity contribution in [1.29, 1.82) is 0 Å². The SMILES string of the molecule is C/C=C\C=C/C(C)(C)c1cc2cnc3cc(C)nn3c2nc1-c1ccc(C2(NC(=O)OC(C)(C)C)CC(F)(F)C2)cc1. The molecule has 1 N–H and O–H groups in total. The Labute approximate surface area is 244 Å². The molecule has 7 nitrogen and oxygen atoms in total. The summed E-state index contributed by atoms with van der Waals surface area (Å²) in [5.74, 6) is -2.87. The van der Waals surface area contributed by atoms with Gasteiger partial charge < -0.3 is 10.1 Å². The minimum Gasteiger partial charge on any atom is -0.444 e. The topological polar surface area (TPSA) is 81.4 Å². The highest BCUT2D eigenvalue weighted by molar-refractivity contribution is 5.83. The van der Waals surface area contributed by atoms with E-state index in [1.165, 1.54) is 0 Å². The summed E-state index contributed by atoms with van der Waals surface area (Å²) in [6.45, 7) is 13.3. The summed E-state index contributed by atoms with van der Waals surface area (Å²) in [5.41, 5.74) is 2.97. The Morgan fingerprint density at radius 3 is 2.38 bits per heavy atom. The van der Waals surface area contributed by atoms with Crippen LogP contribution in [-0.2, 0) is 15.7 Å². The molecule has 0 spiro atoms. The standard InChI is InChI=1S/C33H37F2N5O2/c1-8-9-10-15-31(6,7)25-17-23-18-36-26-16-21(2)39-40(26)28(23)37-27(25)22-11-13-24(14-12-22)32(19-33(34,35)20-32)38-29(41)42-30(3,4)5/h8-18H,19-20H2,1-7H3,(H,38,41)/b9-8-,15-10-. The van der Waals surface area contributed by atoms with Crippen molar-refractivity contribution >= 4 is 22.8 Å². The van der Waals surface area contributed by atoms with Crippen LogP contribution in [0, 0.1) is 6.92 Å². The van der Waals surface area contributed by atoms with E-state index in [0.29, 0.717) is 16.9 Å². The van der Waals surface area contributed by atoms with Crippen molar-refractivity contribution in [2.45, 2.75) is 83.8 Å². The molecule has 1 saturated carbocycles. The normalized spacial score (nSPS) is 16.8. The number of amides is 1. The molecule has 0 radical (unpaired) electrons. The third-order valence-corrected chi connectivity index (χ3v) is 7.46. The first-order valence-electron chi connectivity index (χ1n) is 14.1. The number of aromatic nitrogens is 4. The van der Waals surface area contributed by atoms with Gasteiger partial charge in [0.05, 0.1) is 16.9 Å². The van der Waals surface area contributed by atoms with Gasteiger partial charge in [0.2, 0.25) is 0 Å². The van der Waals surface area contributed by atoms with Crippen LogP contribution in [0.15, 0.2) is 66.9 Å². The number of carbonyl (C=O) groups excluding carboxylic acids is 1. The van der Waals surface area contributed by atoms with E-state index < -0.39 is 41.4 Å². The number of nitrogens with one attached hydrogen (secondary N) is 1. The number of alkyl carbamates (subject to hydrolysis) is 1. The zero-order valence-corrected chi connectivity index (χ0v) is 25.1. The number of ether oxygens (including phenoxy) is 1. The fourth-order valence-corrected chi connectivity index (χ4v) is 5.50. The van der Waals surface area contributed by atoms with E-state index >= 15 is 0 Å². The lowest BCUT2D eigenvalue weighted by Gasteiger charge is -2.48. The highest BCUT2D eigenvalue weighted by atomic mass is 19.3. The quantitative estimate of drug-likeness (QED) is 0.238. The van der Waals surface area contributed by atoms with Crippen molar-refractivity contribution in [3.05, 3.63) is 83.7 Å². The van der Waals surface area contributed by atoms with Crippen LogP contribution >= 0.6 is 0 Å². The van der Waals surface area contributed by atoms with Crippen LogP contribution < -0.4 is 5.32 Å². The van der Waals surface area contributed by atoms with Gasteiger partial charge in [-0.2, -0.15) is 9.61 Å². The Bertz CT molecular complexity index is 1700. The van der Waals surface area contributed by atoms with E-state index in [4.69, 9.17) is 9.72 Å². The van der Waals surface area contributed by atoms with E-state index in [-0.39, 0.29) is 0 Å². The van der Waals surface area contributed by atoms with Crippen LogP contribution in [0.3, 0.4) is 0 Å². The van der Waals surface area contributed by atoms with Gasteiger partial charge in [0.15, 0.2) is 11.3 Å². The molecule has 4 aromatic rings. The van der Waals surface area contributed by atoms with Crippen LogP contribution in [0.5, 0.6) is 0 Å². The van der Waals surface area contributed by atoms with E-state index in [0.717, 1.165) is 27.9 Å². The van der Waals surface area contributed by atoms with Crippen molar-refractivity contribution < 1.29 is 18.3 Å². The zero-order valence-electron chi connectivity index (χ0n) is 25.1. The first kappa shape index (κ1) is 29.4. The minimum atomic E-state index is -2.87. The number of fused-ring (bicyclic) bond motifs is 3. The molecule has 3 aromatic heterocycles. The van der Waals surface area contributed by atoms with Crippen molar-refractivity contribution in [3.8, 4) is 11.3 Å². The Morgan fingerprint density at radius 2 is 1.76 bits per heavy atom. The Kier molecular flexibility index (Phi) is 7.19. The number of aryl methyl sites for hydroxylation is 1. The lowest BCUT2D eigenvalue weighted by Crippen LogP contribution is -2.60. The second kappa shape index (κ2) is 10.3.